The molecule has 1 saturated heterocycles. The number of aryl methyl sites for hydroxylation is 2. The third-order valence-corrected chi connectivity index (χ3v) is 5.26. The fraction of sp³-hybridized carbons (Fsp3) is 0.400. The van der Waals surface area contributed by atoms with Crippen LogP contribution in [0, 0.1) is 13.8 Å². The Balaban J connectivity index is 1.55. The molecule has 0 unspecified atom stereocenters. The average Bonchev–Trinajstić information content (AvgIpc) is 3.07. The summed E-state index contributed by atoms with van der Waals surface area (Å²) in [6, 6.07) is 0. The predicted octanol–water partition coefficient (Wildman–Crippen LogP) is 2.30. The Morgan fingerprint density at radius 3 is 2.64 bits per heavy atom. The molecule has 0 bridgehead atoms. The summed E-state index contributed by atoms with van der Waals surface area (Å²) in [7, 11) is 1.97. The molecule has 4 rings (SSSR count). The maximum absolute atomic E-state index is 12.8. The Hall–Kier alpha value is -3.16. The minimum Gasteiger partial charge on any atom is -0.337 e. The van der Waals surface area contributed by atoms with Crippen molar-refractivity contribution in [2.75, 3.05) is 13.1 Å². The zero-order valence-corrected chi connectivity index (χ0v) is 16.3. The zero-order chi connectivity index (χ0) is 19.7. The van der Waals surface area contributed by atoms with Crippen molar-refractivity contribution in [3.63, 3.8) is 0 Å². The van der Waals surface area contributed by atoms with Crippen molar-refractivity contribution in [1.29, 1.82) is 0 Å². The fourth-order valence-corrected chi connectivity index (χ4v) is 3.51. The van der Waals surface area contributed by atoms with Gasteiger partial charge in [-0.05, 0) is 26.7 Å². The van der Waals surface area contributed by atoms with Crippen molar-refractivity contribution in [1.82, 2.24) is 34.4 Å². The SMILES string of the molecule is Cc1cnc(C(=O)N2CCC[C@@H](c3cncc(-c4cnc(C)n4C)n3)C2)cn1. The summed E-state index contributed by atoms with van der Waals surface area (Å²) in [6.45, 7) is 5.14. The standard InChI is InChI=1S/C20H23N7O/c1-13-7-24-18(10-22-13)20(28)27-6-4-5-15(12-27)16-8-21-9-17(25-16)19-11-23-14(2)26(19)3/h7-11,15H,4-6,12H2,1-3H3/t15-/m1/s1. The number of nitrogens with zero attached hydrogens (tertiary/aromatic N) is 7. The number of hydrogen-bond donors (Lipinski definition) is 0. The van der Waals surface area contributed by atoms with E-state index < -0.39 is 0 Å². The average molecular weight is 377 g/mol. The summed E-state index contributed by atoms with van der Waals surface area (Å²) in [4.78, 5) is 36.6. The fourth-order valence-electron chi connectivity index (χ4n) is 3.51. The second-order valence-corrected chi connectivity index (χ2v) is 7.21. The van der Waals surface area contributed by atoms with E-state index in [0.717, 1.165) is 48.0 Å². The number of imidazole rings is 1. The van der Waals surface area contributed by atoms with E-state index in [1.165, 1.54) is 0 Å². The van der Waals surface area contributed by atoms with Crippen molar-refractivity contribution < 1.29 is 4.79 Å². The first-order valence-corrected chi connectivity index (χ1v) is 9.41. The van der Waals surface area contributed by atoms with Crippen LogP contribution in [0.25, 0.3) is 11.4 Å². The maximum Gasteiger partial charge on any atom is 0.274 e. The van der Waals surface area contributed by atoms with Gasteiger partial charge in [0.1, 0.15) is 17.2 Å². The third-order valence-electron chi connectivity index (χ3n) is 5.26. The predicted molar refractivity (Wildman–Crippen MR) is 104 cm³/mol. The van der Waals surface area contributed by atoms with Gasteiger partial charge in [-0.25, -0.2) is 15.0 Å². The van der Waals surface area contributed by atoms with E-state index in [0.29, 0.717) is 12.2 Å². The van der Waals surface area contributed by atoms with Crippen molar-refractivity contribution in [3.8, 4) is 11.4 Å². The van der Waals surface area contributed by atoms with Crippen molar-refractivity contribution in [3.05, 3.63) is 53.9 Å². The molecule has 0 aromatic carbocycles. The number of rotatable bonds is 3. The summed E-state index contributed by atoms with van der Waals surface area (Å²) in [5.41, 5.74) is 3.82. The van der Waals surface area contributed by atoms with Crippen LogP contribution in [0.15, 0.2) is 31.0 Å². The molecule has 1 amide bonds. The topological polar surface area (TPSA) is 89.7 Å². The number of likely N-dealkylation sites (tertiary alicyclic amines) is 1. The number of carbonyl (C=O) groups is 1. The number of amides is 1. The van der Waals surface area contributed by atoms with Gasteiger partial charge in [-0.15, -0.1) is 0 Å². The van der Waals surface area contributed by atoms with Gasteiger partial charge in [0, 0.05) is 38.4 Å². The van der Waals surface area contributed by atoms with Crippen LogP contribution in [0.4, 0.5) is 0 Å². The lowest BCUT2D eigenvalue weighted by Gasteiger charge is -2.32. The van der Waals surface area contributed by atoms with E-state index in [-0.39, 0.29) is 11.8 Å². The highest BCUT2D eigenvalue weighted by Gasteiger charge is 2.27. The van der Waals surface area contributed by atoms with E-state index in [4.69, 9.17) is 4.98 Å². The maximum atomic E-state index is 12.8. The largest absolute Gasteiger partial charge is 0.337 e. The Morgan fingerprint density at radius 2 is 1.93 bits per heavy atom. The van der Waals surface area contributed by atoms with Gasteiger partial charge in [-0.3, -0.25) is 14.8 Å². The molecule has 1 fully saturated rings. The monoisotopic (exact) mass is 377 g/mol. The van der Waals surface area contributed by atoms with Gasteiger partial charge in [-0.1, -0.05) is 0 Å². The highest BCUT2D eigenvalue weighted by molar-refractivity contribution is 5.92. The molecule has 1 aliphatic rings. The van der Waals surface area contributed by atoms with Gasteiger partial charge in [0.25, 0.3) is 5.91 Å². The normalized spacial score (nSPS) is 17.0. The van der Waals surface area contributed by atoms with E-state index in [1.807, 2.05) is 36.6 Å². The lowest BCUT2D eigenvalue weighted by atomic mass is 9.94. The van der Waals surface area contributed by atoms with Gasteiger partial charge in [0.15, 0.2) is 0 Å². The van der Waals surface area contributed by atoms with Crippen LogP contribution in [0.1, 0.15) is 46.5 Å². The number of aromatic nitrogens is 6. The summed E-state index contributed by atoms with van der Waals surface area (Å²) in [5, 5.41) is 0. The molecule has 8 heteroatoms. The molecule has 8 nitrogen and oxygen atoms in total. The Kier molecular flexibility index (Phi) is 4.85. The first kappa shape index (κ1) is 18.2. The van der Waals surface area contributed by atoms with Crippen LogP contribution in [0.2, 0.25) is 0 Å². The molecular weight excluding hydrogens is 354 g/mol. The molecule has 0 radical (unpaired) electrons. The second kappa shape index (κ2) is 7.46. The number of carbonyl (C=O) groups excluding carboxylic acids is 1. The summed E-state index contributed by atoms with van der Waals surface area (Å²) in [5.74, 6) is 0.998. The minimum absolute atomic E-state index is 0.0800. The van der Waals surface area contributed by atoms with Crippen molar-refractivity contribution >= 4 is 5.91 Å². The van der Waals surface area contributed by atoms with E-state index in [1.54, 1.807) is 24.8 Å². The Morgan fingerprint density at radius 1 is 1.07 bits per heavy atom. The molecule has 0 aliphatic carbocycles. The molecule has 4 heterocycles. The summed E-state index contributed by atoms with van der Waals surface area (Å²) in [6.07, 6.45) is 10.4. The molecule has 0 N–H and O–H groups in total. The number of hydrogen-bond acceptors (Lipinski definition) is 6. The van der Waals surface area contributed by atoms with Crippen LogP contribution in [-0.2, 0) is 7.05 Å². The van der Waals surface area contributed by atoms with Crippen LogP contribution in [0.5, 0.6) is 0 Å². The van der Waals surface area contributed by atoms with Crippen LogP contribution < -0.4 is 0 Å². The van der Waals surface area contributed by atoms with Crippen molar-refractivity contribution in [2.45, 2.75) is 32.6 Å². The zero-order valence-electron chi connectivity index (χ0n) is 16.3. The highest BCUT2D eigenvalue weighted by atomic mass is 16.2. The third kappa shape index (κ3) is 3.49. The quantitative estimate of drug-likeness (QED) is 0.696. The lowest BCUT2D eigenvalue weighted by Crippen LogP contribution is -2.39. The van der Waals surface area contributed by atoms with E-state index in [2.05, 4.69) is 19.9 Å². The van der Waals surface area contributed by atoms with Gasteiger partial charge in [-0.2, -0.15) is 0 Å². The van der Waals surface area contributed by atoms with Crippen LogP contribution in [0.3, 0.4) is 0 Å². The van der Waals surface area contributed by atoms with Crippen molar-refractivity contribution in [2.24, 2.45) is 7.05 Å². The molecule has 1 atom stereocenters. The lowest BCUT2D eigenvalue weighted by molar-refractivity contribution is 0.0699. The Labute approximate surface area is 163 Å². The van der Waals surface area contributed by atoms with Gasteiger partial charge in [0.2, 0.25) is 0 Å². The molecule has 3 aromatic heterocycles. The number of piperidine rings is 1. The van der Waals surface area contributed by atoms with Gasteiger partial charge >= 0.3 is 0 Å². The molecule has 0 spiro atoms. The minimum atomic E-state index is -0.0800. The molecule has 0 saturated carbocycles. The summed E-state index contributed by atoms with van der Waals surface area (Å²) >= 11 is 0. The first-order valence-electron chi connectivity index (χ1n) is 9.41. The Bertz CT molecular complexity index is 996. The van der Waals surface area contributed by atoms with E-state index in [9.17, 15) is 4.79 Å². The molecule has 3 aromatic rings. The first-order chi connectivity index (χ1) is 13.5. The second-order valence-electron chi connectivity index (χ2n) is 7.21. The molecular formula is C20H23N7O. The molecule has 28 heavy (non-hydrogen) atoms. The van der Waals surface area contributed by atoms with Crippen LogP contribution >= 0.6 is 0 Å². The molecule has 1 aliphatic heterocycles. The molecule has 144 valence electrons. The summed E-state index contributed by atoms with van der Waals surface area (Å²) < 4.78 is 2.00. The highest BCUT2D eigenvalue weighted by Crippen LogP contribution is 2.27. The van der Waals surface area contributed by atoms with Gasteiger partial charge < -0.3 is 9.47 Å². The van der Waals surface area contributed by atoms with E-state index >= 15 is 0 Å². The van der Waals surface area contributed by atoms with Gasteiger partial charge in [0.05, 0.1) is 35.7 Å². The smallest absolute Gasteiger partial charge is 0.274 e. The van der Waals surface area contributed by atoms with Crippen LogP contribution in [-0.4, -0.2) is 53.4 Å².